The van der Waals surface area contributed by atoms with Crippen LogP contribution in [0.5, 0.6) is 0 Å². The normalized spacial score (nSPS) is 43.9. The third-order valence-electron chi connectivity index (χ3n) is 9.66. The summed E-state index contributed by atoms with van der Waals surface area (Å²) in [6.07, 6.45) is -1.70. The van der Waals surface area contributed by atoms with Gasteiger partial charge in [0.2, 0.25) is 5.78 Å². The number of hydrogen-bond acceptors (Lipinski definition) is 12. The van der Waals surface area contributed by atoms with Gasteiger partial charge in [-0.25, -0.2) is 4.39 Å². The number of allylic oxidation sites excluding steroid dienone is 3. The third-order valence-corrected chi connectivity index (χ3v) is 10.8. The highest BCUT2D eigenvalue weighted by atomic mass is 32.2. The van der Waals surface area contributed by atoms with Crippen LogP contribution in [0.15, 0.2) is 23.8 Å². The fraction of sp³-hybridized carbons (Fsp3) is 0.731. The molecule has 10 atom stereocenters. The first-order valence-electron chi connectivity index (χ1n) is 13.0. The first-order valence-corrected chi connectivity index (χ1v) is 16.6. The molecule has 0 heterocycles. The van der Waals surface area contributed by atoms with Gasteiger partial charge in [-0.2, -0.15) is 16.8 Å². The largest absolute Gasteiger partial charge is 0.458 e. The summed E-state index contributed by atoms with van der Waals surface area (Å²) in [6.45, 7) is 4.60. The molecular weight excluding hydrogens is 587 g/mol. The zero-order chi connectivity index (χ0) is 31.1. The number of esters is 1. The molecule has 12 nitrogen and oxygen atoms in total. The van der Waals surface area contributed by atoms with E-state index in [1.165, 1.54) is 26.8 Å². The number of carbonyl (C=O) groups excluding carboxylic acids is 3. The molecule has 0 bridgehead atoms. The average molecular weight is 623 g/mol. The number of hydrogen-bond donors (Lipinski definition) is 2. The summed E-state index contributed by atoms with van der Waals surface area (Å²) < 4.78 is 83.4. The van der Waals surface area contributed by atoms with E-state index in [-0.39, 0.29) is 12.0 Å². The van der Waals surface area contributed by atoms with Crippen LogP contribution in [0.1, 0.15) is 40.5 Å². The van der Waals surface area contributed by atoms with Gasteiger partial charge >= 0.3 is 5.97 Å². The number of ketones is 2. The Morgan fingerprint density at radius 1 is 1.12 bits per heavy atom. The highest BCUT2D eigenvalue weighted by molar-refractivity contribution is 7.86. The van der Waals surface area contributed by atoms with Crippen LogP contribution in [0.2, 0.25) is 0 Å². The molecule has 0 amide bonds. The van der Waals surface area contributed by atoms with E-state index in [4.69, 9.17) is 13.1 Å². The van der Waals surface area contributed by atoms with E-state index in [0.29, 0.717) is 12.5 Å². The van der Waals surface area contributed by atoms with Crippen molar-refractivity contribution >= 4 is 37.8 Å². The Morgan fingerprint density at radius 3 is 2.24 bits per heavy atom. The molecule has 0 aromatic heterocycles. The minimum Gasteiger partial charge on any atom is -0.458 e. The lowest BCUT2D eigenvalue weighted by atomic mass is 9.43. The summed E-state index contributed by atoms with van der Waals surface area (Å²) in [5.74, 6) is -5.96. The lowest BCUT2D eigenvalue weighted by Gasteiger charge is -2.65. The van der Waals surface area contributed by atoms with Gasteiger partial charge < -0.3 is 14.9 Å². The number of ether oxygens (including phenoxy) is 1. The van der Waals surface area contributed by atoms with E-state index in [1.54, 1.807) is 0 Å². The molecule has 0 saturated heterocycles. The second kappa shape index (κ2) is 9.74. The van der Waals surface area contributed by atoms with Crippen molar-refractivity contribution in [2.75, 3.05) is 19.1 Å². The summed E-state index contributed by atoms with van der Waals surface area (Å²) in [6, 6.07) is 0. The Kier molecular flexibility index (Phi) is 7.58. The minimum atomic E-state index is -4.44. The molecule has 0 aromatic rings. The van der Waals surface area contributed by atoms with Crippen LogP contribution < -0.4 is 0 Å². The van der Waals surface area contributed by atoms with Crippen LogP contribution in [0.4, 0.5) is 4.39 Å². The summed E-state index contributed by atoms with van der Waals surface area (Å²) in [7, 11) is -8.81. The Labute approximate surface area is 238 Å². The van der Waals surface area contributed by atoms with Gasteiger partial charge in [-0.15, -0.1) is 0 Å². The molecule has 4 aliphatic rings. The molecule has 41 heavy (non-hydrogen) atoms. The highest BCUT2D eigenvalue weighted by Gasteiger charge is 2.79. The van der Waals surface area contributed by atoms with Crippen molar-refractivity contribution < 1.29 is 58.9 Å². The highest BCUT2D eigenvalue weighted by Crippen LogP contribution is 2.71. The molecule has 0 radical (unpaired) electrons. The van der Waals surface area contributed by atoms with Crippen molar-refractivity contribution in [3.05, 3.63) is 23.8 Å². The first kappa shape index (κ1) is 31.9. The number of carbonyl (C=O) groups is 3. The van der Waals surface area contributed by atoms with Crippen LogP contribution in [-0.2, 0) is 47.7 Å². The fourth-order valence-electron chi connectivity index (χ4n) is 8.00. The molecule has 2 N–H and O–H groups in total. The lowest BCUT2D eigenvalue weighted by Crippen LogP contribution is -2.75. The monoisotopic (exact) mass is 622 g/mol. The quantitative estimate of drug-likeness (QED) is 0.294. The third kappa shape index (κ3) is 4.72. The maximum atomic E-state index is 18.0. The van der Waals surface area contributed by atoms with Crippen molar-refractivity contribution in [1.29, 1.82) is 0 Å². The number of Topliss-reactive ketones (excluding diaryl/α,β-unsaturated/α-hetero) is 1. The Morgan fingerprint density at radius 2 is 1.71 bits per heavy atom. The van der Waals surface area contributed by atoms with Crippen LogP contribution in [0.25, 0.3) is 0 Å². The van der Waals surface area contributed by atoms with Crippen molar-refractivity contribution in [2.45, 2.75) is 70.1 Å². The number of aliphatic hydroxyl groups is 2. The van der Waals surface area contributed by atoms with Gasteiger partial charge in [0, 0.05) is 23.7 Å². The van der Waals surface area contributed by atoms with Crippen LogP contribution in [0, 0.1) is 28.6 Å². The van der Waals surface area contributed by atoms with E-state index < -0.39 is 109 Å². The molecule has 4 aliphatic carbocycles. The van der Waals surface area contributed by atoms with E-state index in [2.05, 4.69) is 0 Å². The molecule has 0 aliphatic heterocycles. The summed E-state index contributed by atoms with van der Waals surface area (Å²) >= 11 is 0. The summed E-state index contributed by atoms with van der Waals surface area (Å²) in [4.78, 5) is 37.2. The maximum absolute atomic E-state index is 18.0. The smallest absolute Gasteiger partial charge is 0.303 e. The predicted molar refractivity (Wildman–Crippen MR) is 140 cm³/mol. The molecule has 4 rings (SSSR count). The molecule has 3 fully saturated rings. The molecular formula is C26H35FO12S2. The van der Waals surface area contributed by atoms with E-state index in [1.807, 2.05) is 0 Å². The van der Waals surface area contributed by atoms with Gasteiger partial charge in [0.05, 0.1) is 18.6 Å². The van der Waals surface area contributed by atoms with Crippen molar-refractivity contribution in [3.8, 4) is 0 Å². The molecule has 0 spiro atoms. The van der Waals surface area contributed by atoms with Crippen LogP contribution in [-0.4, -0.2) is 93.3 Å². The van der Waals surface area contributed by atoms with Gasteiger partial charge in [0.1, 0.15) is 17.8 Å². The molecule has 0 aromatic carbocycles. The van der Waals surface area contributed by atoms with Crippen molar-refractivity contribution in [2.24, 2.45) is 28.6 Å². The van der Waals surface area contributed by atoms with Gasteiger partial charge in [0.15, 0.2) is 18.1 Å². The average Bonchev–Trinajstić information content (AvgIpc) is 3.01. The number of halogens is 1. The van der Waals surface area contributed by atoms with E-state index in [9.17, 15) is 41.4 Å². The number of aliphatic hydroxyl groups excluding tert-OH is 1. The van der Waals surface area contributed by atoms with E-state index >= 15 is 4.39 Å². The van der Waals surface area contributed by atoms with Crippen LogP contribution >= 0.6 is 0 Å². The Bertz CT molecular complexity index is 1450. The van der Waals surface area contributed by atoms with Crippen molar-refractivity contribution in [3.63, 3.8) is 0 Å². The number of alkyl halides is 1. The summed E-state index contributed by atoms with van der Waals surface area (Å²) in [5.41, 5.74) is -8.78. The molecule has 0 unspecified atom stereocenters. The lowest BCUT2D eigenvalue weighted by molar-refractivity contribution is -0.246. The second-order valence-electron chi connectivity index (χ2n) is 12.2. The summed E-state index contributed by atoms with van der Waals surface area (Å²) in [5, 5.41) is 23.6. The number of fused-ring (bicyclic) bond motifs is 5. The minimum absolute atomic E-state index is 0.0745. The molecule has 15 heteroatoms. The first-order chi connectivity index (χ1) is 18.5. The van der Waals surface area contributed by atoms with Crippen molar-refractivity contribution in [1.82, 2.24) is 0 Å². The molecule has 3 saturated carbocycles. The van der Waals surface area contributed by atoms with Gasteiger partial charge in [-0.3, -0.25) is 22.7 Å². The Hall–Kier alpha value is -2.04. The Balaban J connectivity index is 1.99. The maximum Gasteiger partial charge on any atom is 0.303 e. The second-order valence-corrected chi connectivity index (χ2v) is 15.4. The SMILES string of the molecule is CC(=O)OCC(=O)[C@@]1(O)[C@@H](C)C[C@H]2[C@@H]3[C@@H](OS(C)(=O)=O)[C@@H](OS(C)(=O)=O)C4=CC(=O)C=C[C@]4(C)[C@@]3(F)[C@@H](O)C[C@@]21C. The topological polar surface area (TPSA) is 188 Å². The van der Waals surface area contributed by atoms with E-state index in [0.717, 1.165) is 19.1 Å². The fourth-order valence-corrected chi connectivity index (χ4v) is 9.21. The predicted octanol–water partition coefficient (Wildman–Crippen LogP) is 0.376. The molecule has 230 valence electrons. The zero-order valence-electron chi connectivity index (χ0n) is 23.5. The number of rotatable bonds is 7. The van der Waals surface area contributed by atoms with Gasteiger partial charge in [-0.1, -0.05) is 19.9 Å². The van der Waals surface area contributed by atoms with Crippen LogP contribution in [0.3, 0.4) is 0 Å². The zero-order valence-corrected chi connectivity index (χ0v) is 25.1. The van der Waals surface area contributed by atoms with Gasteiger partial charge in [0.25, 0.3) is 20.2 Å². The van der Waals surface area contributed by atoms with Gasteiger partial charge in [-0.05, 0) is 49.3 Å². The standard InChI is InChI=1S/C26H35FO12S2/c1-13-9-16-20-22(39-41(6,35)36)21(38-40(5,33)34)17-10-15(29)7-8-23(17,3)25(20,27)18(30)11-24(16,4)26(13,32)19(31)12-37-14(2)28/h7-8,10,13,16,18,20-22,30,32H,9,11-12H2,1-6H3/t13-,16-,18-,20+,21-,22+,23-,24-,25+,26-/m0/s1.